The second-order valence-electron chi connectivity index (χ2n) is 4.55. The fraction of sp³-hybridized carbons (Fsp3) is 0.200. The lowest BCUT2D eigenvalue weighted by Crippen LogP contribution is -2.14. The van der Waals surface area contributed by atoms with Gasteiger partial charge in [-0.3, -0.25) is 0 Å². The Morgan fingerprint density at radius 1 is 0.952 bits per heavy atom. The van der Waals surface area contributed by atoms with Crippen molar-refractivity contribution in [2.75, 3.05) is 5.32 Å². The van der Waals surface area contributed by atoms with Crippen molar-refractivity contribution in [2.45, 2.75) is 19.1 Å². The minimum Gasteiger partial charge on any atom is -0.378 e. The molecule has 0 spiro atoms. The van der Waals surface area contributed by atoms with E-state index in [0.29, 0.717) is 0 Å². The van der Waals surface area contributed by atoms with Crippen molar-refractivity contribution >= 4 is 5.69 Å². The number of nitrogens with one attached hydrogen (secondary N) is 1. The van der Waals surface area contributed by atoms with E-state index in [0.717, 1.165) is 12.1 Å². The highest BCUT2D eigenvalue weighted by Crippen LogP contribution is 2.36. The van der Waals surface area contributed by atoms with Crippen molar-refractivity contribution < 1.29 is 22.0 Å². The minimum atomic E-state index is -4.52. The number of hydrogen-bond donors (Lipinski definition) is 1. The van der Waals surface area contributed by atoms with E-state index in [1.165, 1.54) is 37.3 Å². The van der Waals surface area contributed by atoms with Crippen LogP contribution in [0.25, 0.3) is 0 Å². The molecule has 1 nitrogen and oxygen atoms in total. The molecule has 112 valence electrons. The Morgan fingerprint density at radius 2 is 1.62 bits per heavy atom. The summed E-state index contributed by atoms with van der Waals surface area (Å²) in [6.07, 6.45) is -4.52. The second-order valence-corrected chi connectivity index (χ2v) is 4.55. The predicted molar refractivity (Wildman–Crippen MR) is 69.8 cm³/mol. The first kappa shape index (κ1) is 15.3. The number of para-hydroxylation sites is 1. The third-order valence-corrected chi connectivity index (χ3v) is 3.05. The van der Waals surface area contributed by atoms with E-state index < -0.39 is 29.4 Å². The van der Waals surface area contributed by atoms with Gasteiger partial charge in [-0.1, -0.05) is 24.3 Å². The largest absolute Gasteiger partial charge is 0.418 e. The Labute approximate surface area is 118 Å². The molecule has 21 heavy (non-hydrogen) atoms. The molecule has 0 aromatic heterocycles. The van der Waals surface area contributed by atoms with Crippen LogP contribution < -0.4 is 5.32 Å². The van der Waals surface area contributed by atoms with Crippen molar-refractivity contribution in [1.29, 1.82) is 0 Å². The number of benzene rings is 2. The van der Waals surface area contributed by atoms with Crippen LogP contribution in [0.2, 0.25) is 0 Å². The molecule has 2 aromatic rings. The van der Waals surface area contributed by atoms with Crippen LogP contribution in [0.5, 0.6) is 0 Å². The molecule has 0 saturated carbocycles. The highest BCUT2D eigenvalue weighted by molar-refractivity contribution is 5.54. The molecule has 0 aliphatic carbocycles. The summed E-state index contributed by atoms with van der Waals surface area (Å²) >= 11 is 0. The molecule has 0 heterocycles. The molecular formula is C15H12F5N. The molecule has 0 radical (unpaired) electrons. The third-order valence-electron chi connectivity index (χ3n) is 3.05. The van der Waals surface area contributed by atoms with Crippen molar-refractivity contribution in [1.82, 2.24) is 0 Å². The number of anilines is 1. The fourth-order valence-corrected chi connectivity index (χ4v) is 2.02. The topological polar surface area (TPSA) is 12.0 Å². The second kappa shape index (κ2) is 5.71. The molecule has 0 saturated heterocycles. The monoisotopic (exact) mass is 301 g/mol. The fourth-order valence-electron chi connectivity index (χ4n) is 2.02. The lowest BCUT2D eigenvalue weighted by Gasteiger charge is -2.20. The standard InChI is InChI=1S/C15H12F5N/c1-9(10-5-4-7-12(16)14(10)17)21-13-8-3-2-6-11(13)15(18,19)20/h2-9,21H,1H3. The van der Waals surface area contributed by atoms with E-state index in [4.69, 9.17) is 0 Å². The summed E-state index contributed by atoms with van der Waals surface area (Å²) in [6, 6.07) is 7.65. The van der Waals surface area contributed by atoms with Gasteiger partial charge < -0.3 is 5.32 Å². The summed E-state index contributed by atoms with van der Waals surface area (Å²) < 4.78 is 65.4. The highest BCUT2D eigenvalue weighted by Gasteiger charge is 2.33. The Balaban J connectivity index is 2.32. The smallest absolute Gasteiger partial charge is 0.378 e. The third kappa shape index (κ3) is 3.32. The summed E-state index contributed by atoms with van der Waals surface area (Å²) in [7, 11) is 0. The molecule has 1 N–H and O–H groups in total. The Hall–Kier alpha value is -2.11. The summed E-state index contributed by atoms with van der Waals surface area (Å²) in [5.74, 6) is -2.10. The molecule has 2 aromatic carbocycles. The molecule has 0 fully saturated rings. The molecule has 6 heteroatoms. The van der Waals surface area contributed by atoms with Gasteiger partial charge in [-0.05, 0) is 25.1 Å². The van der Waals surface area contributed by atoms with Crippen molar-refractivity contribution in [2.24, 2.45) is 0 Å². The molecule has 2 rings (SSSR count). The van der Waals surface area contributed by atoms with Crippen LogP contribution in [0.3, 0.4) is 0 Å². The molecule has 0 amide bonds. The minimum absolute atomic E-state index is 0.0352. The van der Waals surface area contributed by atoms with Crippen LogP contribution in [0.15, 0.2) is 42.5 Å². The quantitative estimate of drug-likeness (QED) is 0.772. The lowest BCUT2D eigenvalue weighted by atomic mass is 10.1. The van der Waals surface area contributed by atoms with Crippen LogP contribution >= 0.6 is 0 Å². The lowest BCUT2D eigenvalue weighted by molar-refractivity contribution is -0.137. The van der Waals surface area contributed by atoms with Crippen molar-refractivity contribution in [3.8, 4) is 0 Å². The van der Waals surface area contributed by atoms with E-state index in [1.807, 2.05) is 0 Å². The van der Waals surface area contributed by atoms with Gasteiger partial charge in [0.2, 0.25) is 0 Å². The van der Waals surface area contributed by atoms with Crippen molar-refractivity contribution in [3.05, 3.63) is 65.2 Å². The van der Waals surface area contributed by atoms with Crippen LogP contribution in [-0.2, 0) is 6.18 Å². The predicted octanol–water partition coefficient (Wildman–Crippen LogP) is 5.16. The molecular weight excluding hydrogens is 289 g/mol. The molecule has 0 aliphatic heterocycles. The maximum absolute atomic E-state index is 13.7. The van der Waals surface area contributed by atoms with E-state index >= 15 is 0 Å². The van der Waals surface area contributed by atoms with Gasteiger partial charge >= 0.3 is 6.18 Å². The van der Waals surface area contributed by atoms with Gasteiger partial charge in [-0.25, -0.2) is 8.78 Å². The number of rotatable bonds is 3. The normalized spacial score (nSPS) is 13.0. The first-order valence-corrected chi connectivity index (χ1v) is 6.17. The van der Waals surface area contributed by atoms with Gasteiger partial charge in [-0.15, -0.1) is 0 Å². The SMILES string of the molecule is CC(Nc1ccccc1C(F)(F)F)c1cccc(F)c1F. The van der Waals surface area contributed by atoms with Gasteiger partial charge in [0.1, 0.15) is 0 Å². The Bertz CT molecular complexity index is 636. The highest BCUT2D eigenvalue weighted by atomic mass is 19.4. The van der Waals surface area contributed by atoms with Gasteiger partial charge in [0.25, 0.3) is 0 Å². The van der Waals surface area contributed by atoms with Crippen LogP contribution in [0.1, 0.15) is 24.1 Å². The van der Waals surface area contributed by atoms with Crippen LogP contribution in [-0.4, -0.2) is 0 Å². The van der Waals surface area contributed by atoms with Gasteiger partial charge in [-0.2, -0.15) is 13.2 Å². The molecule has 1 unspecified atom stereocenters. The van der Waals surface area contributed by atoms with E-state index in [-0.39, 0.29) is 11.3 Å². The zero-order chi connectivity index (χ0) is 15.6. The number of halogens is 5. The molecule has 1 atom stereocenters. The summed E-state index contributed by atoms with van der Waals surface area (Å²) in [6.45, 7) is 1.46. The van der Waals surface area contributed by atoms with Crippen LogP contribution in [0.4, 0.5) is 27.6 Å². The van der Waals surface area contributed by atoms with E-state index in [9.17, 15) is 22.0 Å². The van der Waals surface area contributed by atoms with Gasteiger partial charge in [0, 0.05) is 11.3 Å². The number of alkyl halides is 3. The zero-order valence-corrected chi connectivity index (χ0v) is 11.0. The van der Waals surface area contributed by atoms with E-state index in [1.54, 1.807) is 0 Å². The zero-order valence-electron chi connectivity index (χ0n) is 11.0. The Morgan fingerprint density at radius 3 is 2.29 bits per heavy atom. The van der Waals surface area contributed by atoms with E-state index in [2.05, 4.69) is 5.32 Å². The molecule has 0 bridgehead atoms. The first-order chi connectivity index (χ1) is 9.80. The average Bonchev–Trinajstić information content (AvgIpc) is 2.41. The van der Waals surface area contributed by atoms with Gasteiger partial charge in [0.05, 0.1) is 11.6 Å². The Kier molecular flexibility index (Phi) is 4.16. The molecule has 0 aliphatic rings. The summed E-state index contributed by atoms with van der Waals surface area (Å²) in [5, 5.41) is 2.57. The average molecular weight is 301 g/mol. The number of hydrogen-bond acceptors (Lipinski definition) is 1. The first-order valence-electron chi connectivity index (χ1n) is 6.17. The maximum atomic E-state index is 13.7. The van der Waals surface area contributed by atoms with Crippen molar-refractivity contribution in [3.63, 3.8) is 0 Å². The summed E-state index contributed by atoms with van der Waals surface area (Å²) in [5.41, 5.74) is -1.07. The van der Waals surface area contributed by atoms with Gasteiger partial charge in [0.15, 0.2) is 11.6 Å². The summed E-state index contributed by atoms with van der Waals surface area (Å²) in [4.78, 5) is 0. The van der Waals surface area contributed by atoms with Crippen LogP contribution in [0, 0.1) is 11.6 Å². The maximum Gasteiger partial charge on any atom is 0.418 e.